The van der Waals surface area contributed by atoms with Crippen molar-refractivity contribution in [2.45, 2.75) is 64.9 Å². The Kier molecular flexibility index (Phi) is 8.29. The van der Waals surface area contributed by atoms with Crippen LogP contribution in [0.25, 0.3) is 11.1 Å². The number of ether oxygens (including phenoxy) is 2. The molecule has 0 aliphatic carbocycles. The highest BCUT2D eigenvalue weighted by Gasteiger charge is 2.35. The SMILES string of the molecule is COC(=N)C(C)(C)c1cccc(-c2ccc(CN(Cc3ccc(C(F)(F)F)o3)C(=O)OC(C)(C)C)cc2)c1. The fourth-order valence-corrected chi connectivity index (χ4v) is 3.81. The van der Waals surface area contributed by atoms with E-state index < -0.39 is 29.0 Å². The number of hydrogen-bond acceptors (Lipinski definition) is 5. The monoisotopic (exact) mass is 530 g/mol. The zero-order chi connectivity index (χ0) is 28.3. The summed E-state index contributed by atoms with van der Waals surface area (Å²) < 4.78 is 54.5. The summed E-state index contributed by atoms with van der Waals surface area (Å²) in [6.45, 7) is 8.92. The smallest absolute Gasteiger partial charge is 0.449 e. The lowest BCUT2D eigenvalue weighted by Gasteiger charge is -2.27. The van der Waals surface area contributed by atoms with Gasteiger partial charge in [0.2, 0.25) is 5.76 Å². The maximum absolute atomic E-state index is 13.0. The molecule has 1 aromatic heterocycles. The summed E-state index contributed by atoms with van der Waals surface area (Å²) in [5.74, 6) is -0.959. The minimum Gasteiger partial charge on any atom is -0.484 e. The Morgan fingerprint density at radius 1 is 0.921 bits per heavy atom. The molecule has 0 saturated heterocycles. The van der Waals surface area contributed by atoms with Gasteiger partial charge in [-0.1, -0.05) is 48.5 Å². The molecular weight excluding hydrogens is 497 g/mol. The van der Waals surface area contributed by atoms with Crippen molar-refractivity contribution in [2.24, 2.45) is 0 Å². The van der Waals surface area contributed by atoms with Crippen molar-refractivity contribution >= 4 is 12.0 Å². The van der Waals surface area contributed by atoms with Crippen LogP contribution in [0, 0.1) is 5.41 Å². The largest absolute Gasteiger partial charge is 0.484 e. The Bertz CT molecular complexity index is 1270. The van der Waals surface area contributed by atoms with Crippen molar-refractivity contribution in [2.75, 3.05) is 7.11 Å². The molecule has 1 amide bonds. The molecule has 0 atom stereocenters. The van der Waals surface area contributed by atoms with Gasteiger partial charge in [0.15, 0.2) is 5.90 Å². The van der Waals surface area contributed by atoms with Crippen molar-refractivity contribution in [1.29, 1.82) is 5.41 Å². The molecular formula is C29H33F3N2O4. The summed E-state index contributed by atoms with van der Waals surface area (Å²) in [6, 6.07) is 17.4. The first-order chi connectivity index (χ1) is 17.6. The molecule has 204 valence electrons. The Hall–Kier alpha value is -3.75. The average molecular weight is 531 g/mol. The van der Waals surface area contributed by atoms with Gasteiger partial charge in [-0.05, 0) is 69.0 Å². The molecule has 9 heteroatoms. The van der Waals surface area contributed by atoms with Crippen LogP contribution in [0.4, 0.5) is 18.0 Å². The second kappa shape index (κ2) is 10.9. The number of benzene rings is 2. The minimum absolute atomic E-state index is 0.000797. The van der Waals surface area contributed by atoms with Crippen molar-refractivity contribution in [3.05, 3.63) is 83.3 Å². The maximum Gasteiger partial charge on any atom is 0.449 e. The van der Waals surface area contributed by atoms with Gasteiger partial charge < -0.3 is 13.9 Å². The van der Waals surface area contributed by atoms with E-state index in [0.717, 1.165) is 28.3 Å². The molecule has 0 aliphatic rings. The lowest BCUT2D eigenvalue weighted by Crippen LogP contribution is -2.36. The summed E-state index contributed by atoms with van der Waals surface area (Å²) in [6.07, 6.45) is -5.27. The number of hydrogen-bond donors (Lipinski definition) is 1. The third-order valence-corrected chi connectivity index (χ3v) is 5.96. The number of methoxy groups -OCH3 is 1. The van der Waals surface area contributed by atoms with Crippen LogP contribution in [-0.2, 0) is 34.2 Å². The number of nitrogens with zero attached hydrogens (tertiary/aromatic N) is 1. The topological polar surface area (TPSA) is 75.8 Å². The molecule has 2 aromatic carbocycles. The molecule has 3 rings (SSSR count). The van der Waals surface area contributed by atoms with Gasteiger partial charge >= 0.3 is 12.3 Å². The van der Waals surface area contributed by atoms with Crippen molar-refractivity contribution in [3.8, 4) is 11.1 Å². The van der Waals surface area contributed by atoms with Gasteiger partial charge in [0.25, 0.3) is 0 Å². The highest BCUT2D eigenvalue weighted by Crippen LogP contribution is 2.32. The lowest BCUT2D eigenvalue weighted by atomic mass is 9.83. The number of alkyl halides is 3. The van der Waals surface area contributed by atoms with Crippen LogP contribution in [0.2, 0.25) is 0 Å². The number of halogens is 3. The van der Waals surface area contributed by atoms with Gasteiger partial charge in [0.05, 0.1) is 19.1 Å². The molecule has 0 saturated carbocycles. The van der Waals surface area contributed by atoms with E-state index in [1.54, 1.807) is 20.8 Å². The first-order valence-electron chi connectivity index (χ1n) is 12.1. The fourth-order valence-electron chi connectivity index (χ4n) is 3.81. The molecule has 0 bridgehead atoms. The Labute approximate surface area is 220 Å². The van der Waals surface area contributed by atoms with E-state index in [1.165, 1.54) is 18.1 Å². The van der Waals surface area contributed by atoms with Crippen LogP contribution < -0.4 is 0 Å². The first kappa shape index (κ1) is 28.8. The normalized spacial score (nSPS) is 12.2. The summed E-state index contributed by atoms with van der Waals surface area (Å²) in [4.78, 5) is 14.2. The molecule has 0 spiro atoms. The van der Waals surface area contributed by atoms with Crippen LogP contribution in [0.1, 0.15) is 57.3 Å². The van der Waals surface area contributed by atoms with Gasteiger partial charge in [-0.3, -0.25) is 10.3 Å². The Morgan fingerprint density at radius 3 is 2.13 bits per heavy atom. The summed E-state index contributed by atoms with van der Waals surface area (Å²) >= 11 is 0. The van der Waals surface area contributed by atoms with Crippen LogP contribution in [-0.4, -0.2) is 29.6 Å². The third-order valence-electron chi connectivity index (χ3n) is 5.96. The number of amides is 1. The summed E-state index contributed by atoms with van der Waals surface area (Å²) in [7, 11) is 1.48. The minimum atomic E-state index is -4.61. The number of rotatable bonds is 7. The number of nitrogens with one attached hydrogen (secondary N) is 1. The van der Waals surface area contributed by atoms with Crippen LogP contribution in [0.5, 0.6) is 0 Å². The van der Waals surface area contributed by atoms with E-state index in [-0.39, 0.29) is 24.7 Å². The van der Waals surface area contributed by atoms with Crippen molar-refractivity contribution in [1.82, 2.24) is 4.90 Å². The molecule has 0 radical (unpaired) electrons. The number of carbonyl (C=O) groups is 1. The zero-order valence-electron chi connectivity index (χ0n) is 22.4. The highest BCUT2D eigenvalue weighted by molar-refractivity contribution is 5.85. The lowest BCUT2D eigenvalue weighted by molar-refractivity contribution is -0.153. The van der Waals surface area contributed by atoms with Crippen LogP contribution >= 0.6 is 0 Å². The van der Waals surface area contributed by atoms with Crippen molar-refractivity contribution in [3.63, 3.8) is 0 Å². The third kappa shape index (κ3) is 7.18. The quantitative estimate of drug-likeness (QED) is 0.250. The number of furan rings is 1. The van der Waals surface area contributed by atoms with E-state index in [0.29, 0.717) is 0 Å². The van der Waals surface area contributed by atoms with Crippen LogP contribution in [0.15, 0.2) is 65.1 Å². The Balaban J connectivity index is 1.83. The van der Waals surface area contributed by atoms with E-state index in [2.05, 4.69) is 0 Å². The molecule has 6 nitrogen and oxygen atoms in total. The van der Waals surface area contributed by atoms with E-state index in [4.69, 9.17) is 19.3 Å². The van der Waals surface area contributed by atoms with Crippen LogP contribution in [0.3, 0.4) is 0 Å². The average Bonchev–Trinajstić information content (AvgIpc) is 3.32. The predicted octanol–water partition coefficient (Wildman–Crippen LogP) is 7.80. The number of carbonyl (C=O) groups excluding carboxylic acids is 1. The second-order valence-corrected chi connectivity index (χ2v) is 10.5. The second-order valence-electron chi connectivity index (χ2n) is 10.5. The molecule has 38 heavy (non-hydrogen) atoms. The standard InChI is InChI=1S/C29H33F3N2O4/c1-27(2,3)38-26(35)34(18-23-14-15-24(37-23)29(30,31)32)17-19-10-12-20(13-11-19)21-8-7-9-22(16-21)28(4,5)25(33)36-6/h7-16,33H,17-18H2,1-6H3. The molecule has 0 aliphatic heterocycles. The molecule has 0 fully saturated rings. The van der Waals surface area contributed by atoms with Gasteiger partial charge in [-0.25, -0.2) is 4.79 Å². The molecule has 0 unspecified atom stereocenters. The highest BCUT2D eigenvalue weighted by atomic mass is 19.4. The maximum atomic E-state index is 13.0. The van der Waals surface area contributed by atoms with Gasteiger partial charge in [-0.15, -0.1) is 0 Å². The fraction of sp³-hybridized carbons (Fsp3) is 0.379. The van der Waals surface area contributed by atoms with E-state index >= 15 is 0 Å². The van der Waals surface area contributed by atoms with Gasteiger partial charge in [-0.2, -0.15) is 13.2 Å². The molecule has 1 N–H and O–H groups in total. The molecule has 3 aromatic rings. The molecule has 1 heterocycles. The summed E-state index contributed by atoms with van der Waals surface area (Å²) in [5.41, 5.74) is 2.19. The first-order valence-corrected chi connectivity index (χ1v) is 12.1. The van der Waals surface area contributed by atoms with Gasteiger partial charge in [0, 0.05) is 6.54 Å². The van der Waals surface area contributed by atoms with E-state index in [9.17, 15) is 18.0 Å². The predicted molar refractivity (Wildman–Crippen MR) is 139 cm³/mol. The van der Waals surface area contributed by atoms with Crippen molar-refractivity contribution < 1.29 is 31.9 Å². The Morgan fingerprint density at radius 2 is 1.58 bits per heavy atom. The summed E-state index contributed by atoms with van der Waals surface area (Å²) in [5, 5.41) is 8.12. The zero-order valence-corrected chi connectivity index (χ0v) is 22.4. The van der Waals surface area contributed by atoms with E-state index in [1.807, 2.05) is 62.4 Å². The van der Waals surface area contributed by atoms with Gasteiger partial charge in [0.1, 0.15) is 11.4 Å².